The van der Waals surface area contributed by atoms with E-state index in [1.165, 1.54) is 7.11 Å². The van der Waals surface area contributed by atoms with Gasteiger partial charge in [0.25, 0.3) is 0 Å². The van der Waals surface area contributed by atoms with Crippen LogP contribution in [0.3, 0.4) is 0 Å². The van der Waals surface area contributed by atoms with Crippen LogP contribution in [0.2, 0.25) is 0 Å². The summed E-state index contributed by atoms with van der Waals surface area (Å²) in [5, 5.41) is 0. The number of carbonyl (C=O) groups excluding carboxylic acids is 1. The average molecular weight is 220 g/mol. The number of hydrogen-bond acceptors (Lipinski definition) is 4. The Morgan fingerprint density at radius 3 is 2.62 bits per heavy atom. The molecule has 1 unspecified atom stereocenters. The number of carbonyl (C=O) groups is 1. The largest absolute Gasteiger partial charge is 0.465 e. The molecule has 0 bridgehead atoms. The topological polar surface area (TPSA) is 65.2 Å². The molecule has 1 heterocycles. The highest BCUT2D eigenvalue weighted by Gasteiger charge is 2.48. The van der Waals surface area contributed by atoms with Crippen LogP contribution in [-0.2, 0) is 10.2 Å². The zero-order valence-corrected chi connectivity index (χ0v) is 9.56. The quantitative estimate of drug-likeness (QED) is 0.778. The maximum atomic E-state index is 11.2. The lowest BCUT2D eigenvalue weighted by Gasteiger charge is -2.18. The highest BCUT2D eigenvalue weighted by atomic mass is 16.5. The molecule has 0 amide bonds. The van der Waals surface area contributed by atoms with Crippen molar-refractivity contribution in [3.05, 3.63) is 29.6 Å². The fraction of sp³-hybridized carbons (Fsp3) is 0.500. The highest BCUT2D eigenvalue weighted by Crippen LogP contribution is 2.49. The zero-order chi connectivity index (χ0) is 11.8. The van der Waals surface area contributed by atoms with Gasteiger partial charge >= 0.3 is 5.97 Å². The van der Waals surface area contributed by atoms with Gasteiger partial charge in [0.15, 0.2) is 0 Å². The molecule has 0 saturated heterocycles. The zero-order valence-electron chi connectivity index (χ0n) is 9.56. The minimum Gasteiger partial charge on any atom is -0.465 e. The summed E-state index contributed by atoms with van der Waals surface area (Å²) in [5.41, 5.74) is 7.45. The molecule has 4 nitrogen and oxygen atoms in total. The molecule has 1 aliphatic rings. The van der Waals surface area contributed by atoms with Gasteiger partial charge in [-0.05, 0) is 31.9 Å². The van der Waals surface area contributed by atoms with E-state index < -0.39 is 0 Å². The van der Waals surface area contributed by atoms with E-state index in [1.54, 1.807) is 12.3 Å². The third-order valence-electron chi connectivity index (χ3n) is 3.35. The molecule has 0 aromatic carbocycles. The highest BCUT2D eigenvalue weighted by molar-refractivity contribution is 5.88. The van der Waals surface area contributed by atoms with Crippen molar-refractivity contribution in [2.75, 3.05) is 7.11 Å². The Labute approximate surface area is 94.8 Å². The molecule has 86 valence electrons. The Bertz CT molecular complexity index is 394. The van der Waals surface area contributed by atoms with E-state index in [0.29, 0.717) is 5.56 Å². The van der Waals surface area contributed by atoms with Gasteiger partial charge < -0.3 is 10.5 Å². The van der Waals surface area contributed by atoms with Gasteiger partial charge in [-0.2, -0.15) is 0 Å². The van der Waals surface area contributed by atoms with Gasteiger partial charge in [-0.1, -0.05) is 0 Å². The van der Waals surface area contributed by atoms with Gasteiger partial charge in [0.2, 0.25) is 0 Å². The first-order valence-corrected chi connectivity index (χ1v) is 5.40. The third-order valence-corrected chi connectivity index (χ3v) is 3.35. The van der Waals surface area contributed by atoms with Gasteiger partial charge in [0.05, 0.1) is 12.7 Å². The smallest absolute Gasteiger partial charge is 0.339 e. The molecule has 2 N–H and O–H groups in total. The van der Waals surface area contributed by atoms with Crippen LogP contribution in [0, 0.1) is 0 Å². The lowest BCUT2D eigenvalue weighted by atomic mass is 9.94. The van der Waals surface area contributed by atoms with Crippen molar-refractivity contribution in [1.82, 2.24) is 4.98 Å². The summed E-state index contributed by atoms with van der Waals surface area (Å²) < 4.78 is 4.62. The first-order valence-electron chi connectivity index (χ1n) is 5.40. The van der Waals surface area contributed by atoms with Crippen LogP contribution >= 0.6 is 0 Å². The molecule has 1 aliphatic carbocycles. The molecule has 4 heteroatoms. The van der Waals surface area contributed by atoms with Crippen LogP contribution in [0.5, 0.6) is 0 Å². The molecule has 1 saturated carbocycles. The molecular formula is C12H16N2O2. The summed E-state index contributed by atoms with van der Waals surface area (Å²) in [4.78, 5) is 15.6. The second-order valence-corrected chi connectivity index (χ2v) is 4.37. The number of nitrogens with zero attached hydrogens (tertiary/aromatic N) is 1. The minimum absolute atomic E-state index is 0.0364. The number of pyridine rings is 1. The molecule has 0 spiro atoms. The van der Waals surface area contributed by atoms with E-state index in [1.807, 2.05) is 13.0 Å². The lowest BCUT2D eigenvalue weighted by Crippen LogP contribution is -2.32. The molecule has 1 aromatic rings. The van der Waals surface area contributed by atoms with Gasteiger partial charge in [-0.15, -0.1) is 0 Å². The minimum atomic E-state index is -0.357. The van der Waals surface area contributed by atoms with Crippen molar-refractivity contribution >= 4 is 5.97 Å². The molecule has 1 fully saturated rings. The maximum absolute atomic E-state index is 11.2. The van der Waals surface area contributed by atoms with Crippen LogP contribution in [0.1, 0.15) is 35.8 Å². The monoisotopic (exact) mass is 220 g/mol. The average Bonchev–Trinajstić information content (AvgIpc) is 3.09. The maximum Gasteiger partial charge on any atom is 0.339 e. The van der Waals surface area contributed by atoms with Crippen molar-refractivity contribution in [2.45, 2.75) is 31.2 Å². The first-order chi connectivity index (χ1) is 7.60. The Kier molecular flexibility index (Phi) is 2.68. The summed E-state index contributed by atoms with van der Waals surface area (Å²) >= 11 is 0. The molecule has 2 rings (SSSR count). The first kappa shape index (κ1) is 11.1. The number of esters is 1. The van der Waals surface area contributed by atoms with Crippen LogP contribution in [0.15, 0.2) is 18.3 Å². The Morgan fingerprint density at radius 2 is 2.25 bits per heavy atom. The Morgan fingerprint density at radius 1 is 1.56 bits per heavy atom. The summed E-state index contributed by atoms with van der Waals surface area (Å²) in [6.07, 6.45) is 3.72. The van der Waals surface area contributed by atoms with E-state index >= 15 is 0 Å². The van der Waals surface area contributed by atoms with Crippen LogP contribution in [-0.4, -0.2) is 24.1 Å². The second-order valence-electron chi connectivity index (χ2n) is 4.37. The van der Waals surface area contributed by atoms with Gasteiger partial charge in [-0.3, -0.25) is 4.98 Å². The van der Waals surface area contributed by atoms with Crippen molar-refractivity contribution in [3.63, 3.8) is 0 Å². The van der Waals surface area contributed by atoms with Crippen LogP contribution in [0.25, 0.3) is 0 Å². The van der Waals surface area contributed by atoms with Gasteiger partial charge in [0, 0.05) is 23.3 Å². The number of rotatable bonds is 3. The number of methoxy groups -OCH3 is 1. The normalized spacial score (nSPS) is 18.9. The molecule has 1 aromatic heterocycles. The number of nitrogens with two attached hydrogens (primary N) is 1. The van der Waals surface area contributed by atoms with E-state index in [0.717, 1.165) is 18.5 Å². The standard InChI is InChI=1S/C12H16N2O2/c1-8(13)12(5-6-12)10-4-3-9(7-14-10)11(15)16-2/h3-4,7-8H,5-6,13H2,1-2H3. The number of hydrogen-bond donors (Lipinski definition) is 1. The number of aromatic nitrogens is 1. The van der Waals surface area contributed by atoms with Crippen molar-refractivity contribution < 1.29 is 9.53 Å². The molecule has 1 atom stereocenters. The number of ether oxygens (including phenoxy) is 1. The third kappa shape index (κ3) is 1.69. The SMILES string of the molecule is COC(=O)c1ccc(C2(C(C)N)CC2)nc1. The van der Waals surface area contributed by atoms with Crippen molar-refractivity contribution in [3.8, 4) is 0 Å². The fourth-order valence-electron chi connectivity index (χ4n) is 2.01. The van der Waals surface area contributed by atoms with E-state index in [-0.39, 0.29) is 17.4 Å². The predicted octanol–water partition coefficient (Wildman–Crippen LogP) is 1.25. The summed E-state index contributed by atoms with van der Waals surface area (Å²) in [6.45, 7) is 2.00. The molecule has 0 aliphatic heterocycles. The van der Waals surface area contributed by atoms with Crippen LogP contribution in [0.4, 0.5) is 0 Å². The summed E-state index contributed by atoms with van der Waals surface area (Å²) in [5.74, 6) is -0.357. The van der Waals surface area contributed by atoms with Crippen LogP contribution < -0.4 is 5.73 Å². The summed E-state index contributed by atoms with van der Waals surface area (Å²) in [7, 11) is 1.36. The van der Waals surface area contributed by atoms with E-state index in [2.05, 4.69) is 9.72 Å². The molecule has 0 radical (unpaired) electrons. The van der Waals surface area contributed by atoms with E-state index in [9.17, 15) is 4.79 Å². The second kappa shape index (κ2) is 3.87. The summed E-state index contributed by atoms with van der Waals surface area (Å²) in [6, 6.07) is 3.73. The van der Waals surface area contributed by atoms with Gasteiger partial charge in [-0.25, -0.2) is 4.79 Å². The Hall–Kier alpha value is -1.42. The Balaban J connectivity index is 2.23. The predicted molar refractivity (Wildman–Crippen MR) is 60.1 cm³/mol. The molecular weight excluding hydrogens is 204 g/mol. The van der Waals surface area contributed by atoms with Crippen molar-refractivity contribution in [1.29, 1.82) is 0 Å². The van der Waals surface area contributed by atoms with E-state index in [4.69, 9.17) is 5.73 Å². The van der Waals surface area contributed by atoms with Crippen molar-refractivity contribution in [2.24, 2.45) is 5.73 Å². The molecule has 16 heavy (non-hydrogen) atoms. The fourth-order valence-corrected chi connectivity index (χ4v) is 2.01. The lowest BCUT2D eigenvalue weighted by molar-refractivity contribution is 0.0600. The van der Waals surface area contributed by atoms with Gasteiger partial charge in [0.1, 0.15) is 0 Å².